The summed E-state index contributed by atoms with van der Waals surface area (Å²) >= 11 is 0. The first kappa shape index (κ1) is 35.1. The van der Waals surface area contributed by atoms with Crippen molar-refractivity contribution in [1.82, 2.24) is 0 Å². The second-order valence-electron chi connectivity index (χ2n) is 10.7. The molecular weight excluding hydrogens is 470 g/mol. The molecule has 0 atom stereocenters. The molecule has 0 heterocycles. The van der Waals surface area contributed by atoms with E-state index in [9.17, 15) is 14.4 Å². The molecule has 37 heavy (non-hydrogen) atoms. The largest absolute Gasteiger partial charge is 0.481 e. The van der Waals surface area contributed by atoms with Crippen LogP contribution < -0.4 is 0 Å². The molecule has 0 aliphatic rings. The minimum Gasteiger partial charge on any atom is -0.481 e. The minimum absolute atomic E-state index is 0.0766. The van der Waals surface area contributed by atoms with Crippen molar-refractivity contribution in [3.8, 4) is 0 Å². The van der Waals surface area contributed by atoms with Crippen LogP contribution in [0.5, 0.6) is 0 Å². The van der Waals surface area contributed by atoms with E-state index in [0.29, 0.717) is 6.54 Å². The zero-order valence-corrected chi connectivity index (χ0v) is 23.6. The van der Waals surface area contributed by atoms with Crippen LogP contribution in [0.2, 0.25) is 0 Å². The monoisotopic (exact) mass is 526 g/mol. The third kappa shape index (κ3) is 24.2. The molecule has 0 saturated carbocycles. The van der Waals surface area contributed by atoms with Crippen molar-refractivity contribution < 1.29 is 34.2 Å². The van der Waals surface area contributed by atoms with Crippen LogP contribution in [0.3, 0.4) is 0 Å². The first-order valence-electron chi connectivity index (χ1n) is 15.0. The summed E-state index contributed by atoms with van der Waals surface area (Å²) in [6.07, 6.45) is 25.6. The van der Waals surface area contributed by atoms with Gasteiger partial charge in [-0.25, -0.2) is 0 Å². The van der Waals surface area contributed by atoms with E-state index >= 15 is 0 Å². The number of carboxylic acids is 3. The number of unbranched alkanes of at least 4 members (excludes halogenated alkanes) is 15. The van der Waals surface area contributed by atoms with Gasteiger partial charge in [-0.3, -0.25) is 14.4 Å². The molecule has 0 fully saturated rings. The van der Waals surface area contributed by atoms with Crippen LogP contribution in [0.25, 0.3) is 0 Å². The highest BCUT2D eigenvalue weighted by atomic mass is 16.4. The molecule has 0 rings (SSSR count). The summed E-state index contributed by atoms with van der Waals surface area (Å²) in [6, 6.07) is 0. The van der Waals surface area contributed by atoms with Gasteiger partial charge in [-0.1, -0.05) is 89.7 Å². The summed E-state index contributed by atoms with van der Waals surface area (Å²) in [4.78, 5) is 33.4. The number of nitrogens with zero attached hydrogens (tertiary/aromatic N) is 1. The van der Waals surface area contributed by atoms with Gasteiger partial charge in [-0.15, -0.1) is 0 Å². The van der Waals surface area contributed by atoms with E-state index in [2.05, 4.69) is 19.1 Å². The Balaban J connectivity index is 3.97. The lowest BCUT2D eigenvalue weighted by Crippen LogP contribution is -2.52. The Kier molecular flexibility index (Phi) is 23.2. The lowest BCUT2D eigenvalue weighted by molar-refractivity contribution is -0.927. The van der Waals surface area contributed by atoms with E-state index in [4.69, 9.17) is 15.3 Å². The van der Waals surface area contributed by atoms with E-state index < -0.39 is 17.9 Å². The Morgan fingerprint density at radius 2 is 0.811 bits per heavy atom. The van der Waals surface area contributed by atoms with Gasteiger partial charge in [0.15, 0.2) is 0 Å². The first-order chi connectivity index (χ1) is 17.8. The zero-order valence-electron chi connectivity index (χ0n) is 23.6. The van der Waals surface area contributed by atoms with Crippen molar-refractivity contribution in [2.24, 2.45) is 0 Å². The number of aliphatic carboxylic acids is 3. The van der Waals surface area contributed by atoms with Crippen LogP contribution in [0.4, 0.5) is 0 Å². The van der Waals surface area contributed by atoms with Crippen LogP contribution in [-0.2, 0) is 14.4 Å². The number of rotatable bonds is 28. The summed E-state index contributed by atoms with van der Waals surface area (Å²) < 4.78 is 0.260. The topological polar surface area (TPSA) is 112 Å². The zero-order chi connectivity index (χ0) is 27.6. The van der Waals surface area contributed by atoms with E-state index in [0.717, 1.165) is 25.7 Å². The number of hydrogen-bond donors (Lipinski definition) is 3. The molecule has 0 unspecified atom stereocenters. The number of hydrogen-bond acceptors (Lipinski definition) is 3. The molecule has 0 aromatic rings. The molecule has 0 amide bonds. The van der Waals surface area contributed by atoms with Gasteiger partial charge in [0.25, 0.3) is 0 Å². The fourth-order valence-electron chi connectivity index (χ4n) is 4.89. The average Bonchev–Trinajstić information content (AvgIpc) is 2.85. The standard InChI is InChI=1S/C30H55NO6/c1-2-3-4-5-6-7-8-9-10-11-12-13-14-15-16-17-18-19-20-24-31(25-21-28(32)33,26-22-29(34)35)27-23-30(36)37/h11-12H,2-10,13-27H2,1H3,(H2-,32,33,34,35,36,37)/p+1/b12-11+. The molecule has 0 aromatic carbocycles. The molecule has 0 aliphatic heterocycles. The molecule has 0 bridgehead atoms. The molecule has 0 spiro atoms. The van der Waals surface area contributed by atoms with Crippen LogP contribution in [-0.4, -0.2) is 63.9 Å². The van der Waals surface area contributed by atoms with Crippen LogP contribution in [0.15, 0.2) is 12.2 Å². The maximum Gasteiger partial charge on any atom is 0.309 e. The quantitative estimate of drug-likeness (QED) is 0.0555. The maximum absolute atomic E-state index is 11.1. The normalized spacial score (nSPS) is 11.8. The molecule has 7 heteroatoms. The average molecular weight is 527 g/mol. The summed E-state index contributed by atoms with van der Waals surface area (Å²) in [6.45, 7) is 3.74. The van der Waals surface area contributed by atoms with Gasteiger partial charge in [0, 0.05) is 0 Å². The Bertz CT molecular complexity index is 574. The minimum atomic E-state index is -0.934. The van der Waals surface area contributed by atoms with Gasteiger partial charge in [0.05, 0.1) is 45.4 Å². The van der Waals surface area contributed by atoms with Crippen molar-refractivity contribution in [2.45, 2.75) is 135 Å². The van der Waals surface area contributed by atoms with Gasteiger partial charge in [-0.05, 0) is 38.5 Å². The Hall–Kier alpha value is -1.89. The Morgan fingerprint density at radius 3 is 1.16 bits per heavy atom. The smallest absolute Gasteiger partial charge is 0.309 e. The van der Waals surface area contributed by atoms with Crippen LogP contribution >= 0.6 is 0 Å². The Morgan fingerprint density at radius 1 is 0.486 bits per heavy atom. The van der Waals surface area contributed by atoms with Crippen molar-refractivity contribution in [3.63, 3.8) is 0 Å². The SMILES string of the molecule is CCCCCCCCCC/C=C/CCCCCCCCC[N+](CCC(=O)O)(CCC(=O)O)CCC(=O)O. The van der Waals surface area contributed by atoms with Gasteiger partial charge < -0.3 is 19.8 Å². The van der Waals surface area contributed by atoms with E-state index in [1.165, 1.54) is 83.5 Å². The molecular formula is C30H56NO6+. The molecule has 3 N–H and O–H groups in total. The third-order valence-electron chi connectivity index (χ3n) is 7.29. The summed E-state index contributed by atoms with van der Waals surface area (Å²) in [5, 5.41) is 27.4. The predicted molar refractivity (Wildman–Crippen MR) is 150 cm³/mol. The Labute approximate surface area is 225 Å². The summed E-state index contributed by atoms with van der Waals surface area (Å²) in [5.41, 5.74) is 0. The molecule has 0 saturated heterocycles. The first-order valence-corrected chi connectivity index (χ1v) is 15.0. The molecule has 0 aromatic heterocycles. The molecule has 0 radical (unpaired) electrons. The van der Waals surface area contributed by atoms with Crippen molar-refractivity contribution in [2.75, 3.05) is 26.2 Å². The third-order valence-corrected chi connectivity index (χ3v) is 7.29. The van der Waals surface area contributed by atoms with E-state index in [1.54, 1.807) is 0 Å². The van der Waals surface area contributed by atoms with Gasteiger partial charge >= 0.3 is 17.9 Å². The summed E-state index contributed by atoms with van der Waals surface area (Å²) in [5.74, 6) is -2.80. The number of allylic oxidation sites excluding steroid dienone is 2. The second kappa shape index (κ2) is 24.4. The van der Waals surface area contributed by atoms with Crippen molar-refractivity contribution in [1.29, 1.82) is 0 Å². The molecule has 7 nitrogen and oxygen atoms in total. The summed E-state index contributed by atoms with van der Waals surface area (Å²) in [7, 11) is 0. The fourth-order valence-corrected chi connectivity index (χ4v) is 4.89. The highest BCUT2D eigenvalue weighted by Crippen LogP contribution is 2.17. The maximum atomic E-state index is 11.1. The second-order valence-corrected chi connectivity index (χ2v) is 10.7. The van der Waals surface area contributed by atoms with Crippen LogP contribution in [0, 0.1) is 0 Å². The van der Waals surface area contributed by atoms with Crippen molar-refractivity contribution >= 4 is 17.9 Å². The van der Waals surface area contributed by atoms with Crippen molar-refractivity contribution in [3.05, 3.63) is 12.2 Å². The van der Waals surface area contributed by atoms with Gasteiger partial charge in [-0.2, -0.15) is 0 Å². The lowest BCUT2D eigenvalue weighted by Gasteiger charge is -2.38. The fraction of sp³-hybridized carbons (Fsp3) is 0.833. The predicted octanol–water partition coefficient (Wildman–Crippen LogP) is 7.44. The number of carbonyl (C=O) groups is 3. The van der Waals surface area contributed by atoms with Gasteiger partial charge in [0.1, 0.15) is 0 Å². The molecule has 216 valence electrons. The number of carboxylic acid groups (broad SMARTS) is 3. The highest BCUT2D eigenvalue weighted by Gasteiger charge is 2.29. The van der Waals surface area contributed by atoms with E-state index in [1.807, 2.05) is 0 Å². The van der Waals surface area contributed by atoms with Gasteiger partial charge in [0.2, 0.25) is 0 Å². The lowest BCUT2D eigenvalue weighted by atomic mass is 10.1. The van der Waals surface area contributed by atoms with Crippen LogP contribution in [0.1, 0.15) is 135 Å². The molecule has 0 aliphatic carbocycles. The van der Waals surface area contributed by atoms with E-state index in [-0.39, 0.29) is 43.4 Å². The number of quaternary nitrogens is 1. The highest BCUT2D eigenvalue weighted by molar-refractivity contribution is 5.67.